The van der Waals surface area contributed by atoms with Crippen LogP contribution in [0.4, 0.5) is 5.69 Å². The number of hydrogen-bond donors (Lipinski definition) is 1. The summed E-state index contributed by atoms with van der Waals surface area (Å²) in [6.07, 6.45) is 0.446. The molecule has 2 rings (SSSR count). The standard InChI is InChI=1S/C16H23NO3/c1-10-8-11(17)6-7-12(10)14(18)19-13-9-15(2,3)20-16(13,4)5/h6-8,13H,9,17H2,1-5H3. The Hall–Kier alpha value is -1.55. The van der Waals surface area contributed by atoms with Gasteiger partial charge >= 0.3 is 5.97 Å². The minimum atomic E-state index is -0.471. The molecule has 20 heavy (non-hydrogen) atoms. The van der Waals surface area contributed by atoms with Crippen molar-refractivity contribution in [2.45, 2.75) is 58.3 Å². The lowest BCUT2D eigenvalue weighted by Gasteiger charge is -2.26. The lowest BCUT2D eigenvalue weighted by atomic mass is 9.97. The van der Waals surface area contributed by atoms with Gasteiger partial charge in [-0.3, -0.25) is 0 Å². The quantitative estimate of drug-likeness (QED) is 0.666. The van der Waals surface area contributed by atoms with Crippen molar-refractivity contribution in [3.8, 4) is 0 Å². The van der Waals surface area contributed by atoms with Crippen molar-refractivity contribution in [1.29, 1.82) is 0 Å². The molecule has 0 bridgehead atoms. The summed E-state index contributed by atoms with van der Waals surface area (Å²) in [4.78, 5) is 12.3. The molecule has 1 unspecified atom stereocenters. The number of nitrogens with two attached hydrogens (primary N) is 1. The summed E-state index contributed by atoms with van der Waals surface area (Å²) in [5, 5.41) is 0. The van der Waals surface area contributed by atoms with E-state index in [4.69, 9.17) is 15.2 Å². The van der Waals surface area contributed by atoms with E-state index in [2.05, 4.69) is 0 Å². The van der Waals surface area contributed by atoms with Crippen LogP contribution in [0.2, 0.25) is 0 Å². The number of carbonyl (C=O) groups excluding carboxylic acids is 1. The van der Waals surface area contributed by atoms with E-state index in [9.17, 15) is 4.79 Å². The molecule has 0 saturated carbocycles. The van der Waals surface area contributed by atoms with Gasteiger partial charge in [0.2, 0.25) is 0 Å². The average Bonchev–Trinajstić information content (AvgIpc) is 2.45. The summed E-state index contributed by atoms with van der Waals surface area (Å²) in [6, 6.07) is 5.20. The number of esters is 1. The second-order valence-corrected chi connectivity index (χ2v) is 6.64. The third-order valence-electron chi connectivity index (χ3n) is 3.71. The summed E-state index contributed by atoms with van der Waals surface area (Å²) >= 11 is 0. The first-order chi connectivity index (χ1) is 9.11. The van der Waals surface area contributed by atoms with Gasteiger partial charge < -0.3 is 15.2 Å². The fourth-order valence-corrected chi connectivity index (χ4v) is 2.80. The molecule has 0 spiro atoms. The van der Waals surface area contributed by atoms with Gasteiger partial charge in [-0.25, -0.2) is 4.79 Å². The molecule has 1 atom stereocenters. The second kappa shape index (κ2) is 4.77. The molecular weight excluding hydrogens is 254 g/mol. The molecule has 1 heterocycles. The summed E-state index contributed by atoms with van der Waals surface area (Å²) in [5.41, 5.74) is 6.98. The number of hydrogen-bond acceptors (Lipinski definition) is 4. The minimum absolute atomic E-state index is 0.248. The van der Waals surface area contributed by atoms with Crippen LogP contribution in [0.5, 0.6) is 0 Å². The first-order valence-corrected chi connectivity index (χ1v) is 6.88. The molecule has 0 amide bonds. The number of carbonyl (C=O) groups is 1. The van der Waals surface area contributed by atoms with Crippen LogP contribution in [0.15, 0.2) is 18.2 Å². The molecule has 4 nitrogen and oxygen atoms in total. The highest BCUT2D eigenvalue weighted by molar-refractivity contribution is 5.91. The minimum Gasteiger partial charge on any atom is -0.456 e. The maximum Gasteiger partial charge on any atom is 0.338 e. The number of ether oxygens (including phenoxy) is 2. The summed E-state index contributed by atoms with van der Waals surface area (Å²) in [6.45, 7) is 9.78. The highest BCUT2D eigenvalue weighted by atomic mass is 16.6. The highest BCUT2D eigenvalue weighted by Gasteiger charge is 2.48. The molecule has 0 radical (unpaired) electrons. The average molecular weight is 277 g/mol. The van der Waals surface area contributed by atoms with E-state index in [1.54, 1.807) is 18.2 Å². The van der Waals surface area contributed by atoms with Gasteiger partial charge in [-0.2, -0.15) is 0 Å². The van der Waals surface area contributed by atoms with Crippen LogP contribution < -0.4 is 5.73 Å². The predicted octanol–water partition coefficient (Wildman–Crippen LogP) is 3.08. The van der Waals surface area contributed by atoms with Crippen LogP contribution in [-0.2, 0) is 9.47 Å². The Morgan fingerprint density at radius 1 is 1.35 bits per heavy atom. The van der Waals surface area contributed by atoms with Gasteiger partial charge in [0.25, 0.3) is 0 Å². The van der Waals surface area contributed by atoms with Crippen LogP contribution in [0.3, 0.4) is 0 Å². The molecule has 0 aromatic heterocycles. The molecule has 1 aliphatic rings. The van der Waals surface area contributed by atoms with Crippen LogP contribution in [0.25, 0.3) is 0 Å². The van der Waals surface area contributed by atoms with Gasteiger partial charge in [0, 0.05) is 12.1 Å². The topological polar surface area (TPSA) is 61.6 Å². The number of nitrogen functional groups attached to an aromatic ring is 1. The fourth-order valence-electron chi connectivity index (χ4n) is 2.80. The van der Waals surface area contributed by atoms with Crippen molar-refractivity contribution >= 4 is 11.7 Å². The van der Waals surface area contributed by atoms with Crippen molar-refractivity contribution in [1.82, 2.24) is 0 Å². The maximum absolute atomic E-state index is 12.3. The van der Waals surface area contributed by atoms with E-state index in [-0.39, 0.29) is 17.7 Å². The molecule has 1 saturated heterocycles. The molecule has 110 valence electrons. The SMILES string of the molecule is Cc1cc(N)ccc1C(=O)OC1CC(C)(C)OC1(C)C. The Morgan fingerprint density at radius 2 is 2.00 bits per heavy atom. The summed E-state index contributed by atoms with van der Waals surface area (Å²) in [5.74, 6) is -0.318. The van der Waals surface area contributed by atoms with Gasteiger partial charge in [-0.05, 0) is 58.4 Å². The van der Waals surface area contributed by atoms with Crippen LogP contribution in [0, 0.1) is 6.92 Å². The lowest BCUT2D eigenvalue weighted by molar-refractivity contribution is -0.0924. The molecule has 2 N–H and O–H groups in total. The van der Waals surface area contributed by atoms with E-state index in [0.29, 0.717) is 17.7 Å². The van der Waals surface area contributed by atoms with Gasteiger partial charge in [0.15, 0.2) is 0 Å². The molecule has 1 aromatic carbocycles. The first kappa shape index (κ1) is 14.9. The molecule has 1 aromatic rings. The zero-order valence-corrected chi connectivity index (χ0v) is 12.8. The second-order valence-electron chi connectivity index (χ2n) is 6.64. The van der Waals surface area contributed by atoms with Gasteiger partial charge in [-0.1, -0.05) is 0 Å². The molecular formula is C16H23NO3. The predicted molar refractivity (Wildman–Crippen MR) is 78.7 cm³/mol. The molecule has 4 heteroatoms. The van der Waals surface area contributed by atoms with Gasteiger partial charge in [-0.15, -0.1) is 0 Å². The lowest BCUT2D eigenvalue weighted by Crippen LogP contribution is -2.36. The molecule has 1 fully saturated rings. The summed E-state index contributed by atoms with van der Waals surface area (Å²) in [7, 11) is 0. The third kappa shape index (κ3) is 2.96. The van der Waals surface area contributed by atoms with Crippen LogP contribution in [0.1, 0.15) is 50.0 Å². The van der Waals surface area contributed by atoms with Gasteiger partial charge in [0.1, 0.15) is 11.7 Å². The van der Waals surface area contributed by atoms with E-state index in [0.717, 1.165) is 5.56 Å². The Bertz CT molecular complexity index is 535. The molecule has 0 aliphatic carbocycles. The molecule has 1 aliphatic heterocycles. The zero-order chi connectivity index (χ0) is 15.1. The van der Waals surface area contributed by atoms with E-state index in [1.165, 1.54) is 0 Å². The number of aryl methyl sites for hydroxylation is 1. The van der Waals surface area contributed by atoms with Crippen molar-refractivity contribution in [3.63, 3.8) is 0 Å². The summed E-state index contributed by atoms with van der Waals surface area (Å²) < 4.78 is 11.6. The van der Waals surface area contributed by atoms with E-state index >= 15 is 0 Å². The van der Waals surface area contributed by atoms with Gasteiger partial charge in [0.05, 0.1) is 11.2 Å². The first-order valence-electron chi connectivity index (χ1n) is 6.88. The van der Waals surface area contributed by atoms with Crippen LogP contribution in [-0.4, -0.2) is 23.3 Å². The Labute approximate surface area is 120 Å². The number of anilines is 1. The zero-order valence-electron chi connectivity index (χ0n) is 12.8. The van der Waals surface area contributed by atoms with E-state index < -0.39 is 5.60 Å². The Kier molecular flexibility index (Phi) is 3.54. The van der Waals surface area contributed by atoms with Crippen LogP contribution >= 0.6 is 0 Å². The smallest absolute Gasteiger partial charge is 0.338 e. The van der Waals surface area contributed by atoms with Crippen molar-refractivity contribution in [2.24, 2.45) is 0 Å². The highest BCUT2D eigenvalue weighted by Crippen LogP contribution is 2.39. The van der Waals surface area contributed by atoms with E-state index in [1.807, 2.05) is 34.6 Å². The normalized spacial score (nSPS) is 23.6. The Morgan fingerprint density at radius 3 is 2.50 bits per heavy atom. The number of benzene rings is 1. The van der Waals surface area contributed by atoms with Crippen molar-refractivity contribution < 1.29 is 14.3 Å². The Balaban J connectivity index is 2.16. The van der Waals surface area contributed by atoms with Crippen molar-refractivity contribution in [2.75, 3.05) is 5.73 Å². The largest absolute Gasteiger partial charge is 0.456 e. The number of rotatable bonds is 2. The van der Waals surface area contributed by atoms with Crippen molar-refractivity contribution in [3.05, 3.63) is 29.3 Å². The monoisotopic (exact) mass is 277 g/mol. The fraction of sp³-hybridized carbons (Fsp3) is 0.562. The maximum atomic E-state index is 12.3. The third-order valence-corrected chi connectivity index (χ3v) is 3.71.